The maximum Gasteiger partial charge on any atom is 0.226 e. The second-order valence-corrected chi connectivity index (χ2v) is 8.02. The van der Waals surface area contributed by atoms with Crippen LogP contribution in [0.15, 0.2) is 47.8 Å². The van der Waals surface area contributed by atoms with E-state index in [0.29, 0.717) is 6.42 Å². The van der Waals surface area contributed by atoms with Gasteiger partial charge in [-0.15, -0.1) is 36.2 Å². The average Bonchev–Trinajstić information content (AvgIpc) is 3.10. The molecule has 4 rings (SSSR count). The molecule has 2 aromatic carbocycles. The lowest BCUT2D eigenvalue weighted by atomic mass is 9.87. The molecule has 0 saturated carbocycles. The number of anilines is 1. The highest BCUT2D eigenvalue weighted by atomic mass is 35.5. The number of nitrogens with two attached hydrogens (primary N) is 1. The van der Waals surface area contributed by atoms with Crippen molar-refractivity contribution in [1.82, 2.24) is 10.3 Å². The summed E-state index contributed by atoms with van der Waals surface area (Å²) < 4.78 is 0. The van der Waals surface area contributed by atoms with Crippen molar-refractivity contribution < 1.29 is 4.79 Å². The predicted octanol–water partition coefficient (Wildman–Crippen LogP) is 5.28. The van der Waals surface area contributed by atoms with Crippen molar-refractivity contribution in [2.45, 2.75) is 38.6 Å². The number of carbonyl (C=O) groups excluding carboxylic acids is 1. The summed E-state index contributed by atoms with van der Waals surface area (Å²) in [5.41, 5.74) is 12.3. The number of nitrogens with zero attached hydrogens (tertiary/aromatic N) is 1. The Hall–Kier alpha value is -2.08. The Bertz CT molecular complexity index is 990. The van der Waals surface area contributed by atoms with Crippen molar-refractivity contribution in [2.75, 3.05) is 5.73 Å². The predicted molar refractivity (Wildman–Crippen MR) is 125 cm³/mol. The third kappa shape index (κ3) is 5.50. The van der Waals surface area contributed by atoms with Crippen LogP contribution in [0.2, 0.25) is 0 Å². The van der Waals surface area contributed by atoms with Gasteiger partial charge in [-0.1, -0.05) is 29.8 Å². The summed E-state index contributed by atoms with van der Waals surface area (Å²) in [7, 11) is 0. The van der Waals surface area contributed by atoms with Crippen LogP contribution in [0.4, 0.5) is 5.69 Å². The summed E-state index contributed by atoms with van der Waals surface area (Å²) in [6.45, 7) is 2.07. The number of halogens is 2. The number of rotatable bonds is 4. The van der Waals surface area contributed by atoms with Gasteiger partial charge < -0.3 is 11.1 Å². The topological polar surface area (TPSA) is 68.0 Å². The molecule has 0 bridgehead atoms. The fourth-order valence-corrected chi connectivity index (χ4v) is 4.51. The van der Waals surface area contributed by atoms with Gasteiger partial charge in [-0.2, -0.15) is 0 Å². The van der Waals surface area contributed by atoms with E-state index >= 15 is 0 Å². The molecule has 154 valence electrons. The van der Waals surface area contributed by atoms with Crippen LogP contribution < -0.4 is 11.1 Å². The van der Waals surface area contributed by atoms with Crippen molar-refractivity contribution in [3.8, 4) is 10.6 Å². The summed E-state index contributed by atoms with van der Waals surface area (Å²) in [5, 5.41) is 6.12. The first-order chi connectivity index (χ1) is 13.1. The lowest BCUT2D eigenvalue weighted by molar-refractivity contribution is -0.121. The number of amides is 1. The number of nitrogens with one attached hydrogen (secondary N) is 1. The molecule has 1 heterocycles. The van der Waals surface area contributed by atoms with Gasteiger partial charge in [0.05, 0.1) is 18.2 Å². The quantitative estimate of drug-likeness (QED) is 0.532. The maximum absolute atomic E-state index is 12.6. The molecule has 0 fully saturated rings. The minimum absolute atomic E-state index is 0. The zero-order chi connectivity index (χ0) is 18.8. The number of hydrogen-bond donors (Lipinski definition) is 2. The van der Waals surface area contributed by atoms with Gasteiger partial charge in [0.1, 0.15) is 5.01 Å². The molecule has 0 saturated heterocycles. The molecule has 7 heteroatoms. The van der Waals surface area contributed by atoms with Crippen LogP contribution in [-0.4, -0.2) is 10.9 Å². The lowest BCUT2D eigenvalue weighted by Gasteiger charge is -2.26. The minimum Gasteiger partial charge on any atom is -0.399 e. The number of aromatic nitrogens is 1. The Labute approximate surface area is 187 Å². The third-order valence-electron chi connectivity index (χ3n) is 4.98. The zero-order valence-corrected chi connectivity index (χ0v) is 18.6. The molecule has 1 atom stereocenters. The van der Waals surface area contributed by atoms with E-state index in [1.165, 1.54) is 16.7 Å². The van der Waals surface area contributed by atoms with Crippen LogP contribution in [-0.2, 0) is 17.6 Å². The lowest BCUT2D eigenvalue weighted by Crippen LogP contribution is -2.32. The second-order valence-electron chi connectivity index (χ2n) is 7.16. The maximum atomic E-state index is 12.6. The summed E-state index contributed by atoms with van der Waals surface area (Å²) >= 11 is 1.58. The summed E-state index contributed by atoms with van der Waals surface area (Å²) in [5.74, 6) is 0.0192. The van der Waals surface area contributed by atoms with Gasteiger partial charge in [-0.05, 0) is 55.5 Å². The van der Waals surface area contributed by atoms with E-state index in [-0.39, 0.29) is 36.8 Å². The van der Waals surface area contributed by atoms with Crippen LogP contribution >= 0.6 is 36.2 Å². The molecule has 0 radical (unpaired) electrons. The summed E-state index contributed by atoms with van der Waals surface area (Å²) in [4.78, 5) is 17.2. The largest absolute Gasteiger partial charge is 0.399 e. The van der Waals surface area contributed by atoms with E-state index in [1.54, 1.807) is 11.3 Å². The van der Waals surface area contributed by atoms with Crippen molar-refractivity contribution in [1.29, 1.82) is 0 Å². The number of nitrogen functional groups attached to an aromatic ring is 1. The van der Waals surface area contributed by atoms with Gasteiger partial charge in [0.15, 0.2) is 0 Å². The molecule has 1 aliphatic carbocycles. The normalized spacial score (nSPS) is 14.9. The van der Waals surface area contributed by atoms with Crippen molar-refractivity contribution >= 4 is 47.7 Å². The molecule has 4 nitrogen and oxygen atoms in total. The van der Waals surface area contributed by atoms with Crippen molar-refractivity contribution in [3.05, 3.63) is 70.2 Å². The number of aryl methyl sites for hydroxylation is 2. The van der Waals surface area contributed by atoms with Gasteiger partial charge in [0.25, 0.3) is 0 Å². The SMILES string of the molecule is Cc1cccc(-c2nc(CC(=O)NC3CCCc4cc(N)ccc43)cs2)c1.Cl.Cl. The smallest absolute Gasteiger partial charge is 0.226 e. The summed E-state index contributed by atoms with van der Waals surface area (Å²) in [6.07, 6.45) is 3.37. The highest BCUT2D eigenvalue weighted by Crippen LogP contribution is 2.31. The third-order valence-corrected chi connectivity index (χ3v) is 5.92. The minimum atomic E-state index is 0. The van der Waals surface area contributed by atoms with E-state index < -0.39 is 0 Å². The number of carbonyl (C=O) groups is 1. The van der Waals surface area contributed by atoms with Gasteiger partial charge >= 0.3 is 0 Å². The van der Waals surface area contributed by atoms with E-state index in [1.807, 2.05) is 29.6 Å². The van der Waals surface area contributed by atoms with Crippen LogP contribution in [0.5, 0.6) is 0 Å². The van der Waals surface area contributed by atoms with Gasteiger partial charge in [-0.3, -0.25) is 4.79 Å². The van der Waals surface area contributed by atoms with Crippen LogP contribution in [0, 0.1) is 6.92 Å². The van der Waals surface area contributed by atoms with E-state index in [9.17, 15) is 4.79 Å². The molecule has 1 aromatic heterocycles. The fourth-order valence-electron chi connectivity index (χ4n) is 3.69. The van der Waals surface area contributed by atoms with Gasteiger partial charge in [0, 0.05) is 16.6 Å². The molecule has 1 aliphatic rings. The first-order valence-electron chi connectivity index (χ1n) is 9.27. The van der Waals surface area contributed by atoms with Crippen LogP contribution in [0.3, 0.4) is 0 Å². The Morgan fingerprint density at radius 1 is 1.24 bits per heavy atom. The zero-order valence-electron chi connectivity index (χ0n) is 16.2. The van der Waals surface area contributed by atoms with Crippen LogP contribution in [0.25, 0.3) is 10.6 Å². The monoisotopic (exact) mass is 449 g/mol. The average molecular weight is 450 g/mol. The second kappa shape index (κ2) is 10.1. The standard InChI is InChI=1S/C22H23N3OS.2ClH/c1-14-4-2-6-16(10-14)22-24-18(13-27-22)12-21(26)25-20-7-3-5-15-11-17(23)8-9-19(15)20;;/h2,4,6,8-11,13,20H,3,5,7,12,23H2,1H3,(H,25,26);2*1H. The summed E-state index contributed by atoms with van der Waals surface area (Å²) in [6, 6.07) is 14.3. The number of hydrogen-bond acceptors (Lipinski definition) is 4. The van der Waals surface area contributed by atoms with Crippen molar-refractivity contribution in [2.24, 2.45) is 0 Å². The van der Waals surface area contributed by atoms with Crippen LogP contribution in [0.1, 0.15) is 41.3 Å². The molecule has 1 unspecified atom stereocenters. The highest BCUT2D eigenvalue weighted by molar-refractivity contribution is 7.13. The molecular formula is C22H25Cl2N3OS. The molecule has 3 aromatic rings. The molecule has 3 N–H and O–H groups in total. The number of fused-ring (bicyclic) bond motifs is 1. The molecule has 1 amide bonds. The Kier molecular flexibility index (Phi) is 8.08. The molecule has 29 heavy (non-hydrogen) atoms. The fraction of sp³-hybridized carbons (Fsp3) is 0.273. The molecule has 0 spiro atoms. The van der Waals surface area contributed by atoms with Gasteiger partial charge in [0.2, 0.25) is 5.91 Å². The van der Waals surface area contributed by atoms with Gasteiger partial charge in [-0.25, -0.2) is 4.98 Å². The Balaban J connectivity index is 0.00000150. The number of thiazole rings is 1. The highest BCUT2D eigenvalue weighted by Gasteiger charge is 2.22. The van der Waals surface area contributed by atoms with E-state index in [2.05, 4.69) is 35.4 Å². The Morgan fingerprint density at radius 2 is 2.07 bits per heavy atom. The Morgan fingerprint density at radius 3 is 2.86 bits per heavy atom. The first kappa shape index (κ1) is 23.2. The number of benzene rings is 2. The molecule has 0 aliphatic heterocycles. The first-order valence-corrected chi connectivity index (χ1v) is 10.2. The van der Waals surface area contributed by atoms with E-state index in [4.69, 9.17) is 5.73 Å². The van der Waals surface area contributed by atoms with Crippen molar-refractivity contribution in [3.63, 3.8) is 0 Å². The van der Waals surface area contributed by atoms with E-state index in [0.717, 1.165) is 41.2 Å². The molecular weight excluding hydrogens is 425 g/mol.